The van der Waals surface area contributed by atoms with Gasteiger partial charge in [0.1, 0.15) is 6.54 Å². The van der Waals surface area contributed by atoms with E-state index in [1.54, 1.807) is 37.3 Å². The second-order valence-corrected chi connectivity index (χ2v) is 2.66. The Morgan fingerprint density at radius 3 is 2.64 bits per heavy atom. The Labute approximate surface area is 82.0 Å². The van der Waals surface area contributed by atoms with Gasteiger partial charge in [-0.05, 0) is 19.1 Å². The second-order valence-electron chi connectivity index (χ2n) is 2.66. The largest absolute Gasteiger partial charge is 0.465 e. The zero-order valence-electron chi connectivity index (χ0n) is 7.94. The van der Waals surface area contributed by atoms with E-state index in [0.29, 0.717) is 10.8 Å². The van der Waals surface area contributed by atoms with Gasteiger partial charge in [-0.3, -0.25) is 4.79 Å². The summed E-state index contributed by atoms with van der Waals surface area (Å²) in [6, 6.07) is 8.35. The fraction of sp³-hybridized carbons (Fsp3) is 0.300. The van der Waals surface area contributed by atoms with Crippen molar-refractivity contribution in [1.29, 1.82) is 0 Å². The fourth-order valence-electron chi connectivity index (χ4n) is 1.00. The topological polar surface area (TPSA) is 29.5 Å². The molecule has 0 saturated carbocycles. The minimum Gasteiger partial charge on any atom is -0.465 e. The summed E-state index contributed by atoms with van der Waals surface area (Å²) in [5.74, 6) is -0.571. The van der Waals surface area contributed by atoms with Gasteiger partial charge in [0.05, 0.1) is 12.3 Å². The SMILES string of the molecule is CCOC(=O)CN(F)c1ccccc1. The number of anilines is 1. The summed E-state index contributed by atoms with van der Waals surface area (Å²) in [7, 11) is 0. The van der Waals surface area contributed by atoms with Gasteiger partial charge in [0.2, 0.25) is 0 Å². The maximum atomic E-state index is 13.2. The quantitative estimate of drug-likeness (QED) is 0.545. The van der Waals surface area contributed by atoms with E-state index in [1.807, 2.05) is 0 Å². The Bertz CT molecular complexity index is 289. The molecule has 1 aromatic rings. The van der Waals surface area contributed by atoms with Crippen molar-refractivity contribution in [1.82, 2.24) is 0 Å². The van der Waals surface area contributed by atoms with Crippen LogP contribution >= 0.6 is 0 Å². The Kier molecular flexibility index (Phi) is 3.91. The number of rotatable bonds is 4. The lowest BCUT2D eigenvalue weighted by molar-refractivity contribution is -0.141. The van der Waals surface area contributed by atoms with Crippen LogP contribution in [-0.2, 0) is 9.53 Å². The van der Waals surface area contributed by atoms with Gasteiger partial charge in [0.25, 0.3) is 0 Å². The van der Waals surface area contributed by atoms with E-state index in [0.717, 1.165) is 0 Å². The Balaban J connectivity index is 2.50. The lowest BCUT2D eigenvalue weighted by Gasteiger charge is -2.12. The molecule has 0 amide bonds. The molecule has 0 saturated heterocycles. The van der Waals surface area contributed by atoms with Gasteiger partial charge < -0.3 is 4.74 Å². The third kappa shape index (κ3) is 3.05. The highest BCUT2D eigenvalue weighted by Crippen LogP contribution is 2.12. The van der Waals surface area contributed by atoms with Crippen LogP contribution < -0.4 is 5.12 Å². The van der Waals surface area contributed by atoms with Crippen molar-refractivity contribution in [2.75, 3.05) is 18.3 Å². The van der Waals surface area contributed by atoms with Crippen LogP contribution in [-0.4, -0.2) is 19.1 Å². The van der Waals surface area contributed by atoms with Crippen LogP contribution in [0.4, 0.5) is 10.2 Å². The summed E-state index contributed by atoms with van der Waals surface area (Å²) in [5.41, 5.74) is 0.348. The van der Waals surface area contributed by atoms with Gasteiger partial charge in [0, 0.05) is 0 Å². The number of benzene rings is 1. The Hall–Kier alpha value is -1.58. The molecule has 14 heavy (non-hydrogen) atoms. The molecule has 3 nitrogen and oxygen atoms in total. The molecule has 0 aliphatic rings. The molecule has 1 aromatic carbocycles. The maximum absolute atomic E-state index is 13.2. The van der Waals surface area contributed by atoms with Gasteiger partial charge in [-0.25, -0.2) is 5.12 Å². The van der Waals surface area contributed by atoms with Crippen LogP contribution in [0.15, 0.2) is 30.3 Å². The van der Waals surface area contributed by atoms with E-state index in [4.69, 9.17) is 0 Å². The zero-order valence-corrected chi connectivity index (χ0v) is 7.94. The molecule has 0 radical (unpaired) electrons. The molecule has 1 rings (SSSR count). The second kappa shape index (κ2) is 5.21. The smallest absolute Gasteiger partial charge is 0.328 e. The van der Waals surface area contributed by atoms with Crippen molar-refractivity contribution in [3.05, 3.63) is 30.3 Å². The molecular formula is C10H12FNO2. The van der Waals surface area contributed by atoms with E-state index in [9.17, 15) is 9.28 Å². The van der Waals surface area contributed by atoms with Crippen molar-refractivity contribution in [2.45, 2.75) is 6.92 Å². The molecule has 0 aliphatic carbocycles. The average molecular weight is 197 g/mol. The first-order chi connectivity index (χ1) is 6.74. The van der Waals surface area contributed by atoms with Crippen molar-refractivity contribution in [2.24, 2.45) is 0 Å². The number of para-hydroxylation sites is 1. The summed E-state index contributed by atoms with van der Waals surface area (Å²) in [4.78, 5) is 10.9. The van der Waals surface area contributed by atoms with Gasteiger partial charge in [-0.15, -0.1) is 0 Å². The van der Waals surface area contributed by atoms with E-state index in [2.05, 4.69) is 4.74 Å². The van der Waals surface area contributed by atoms with E-state index >= 15 is 0 Å². The monoisotopic (exact) mass is 197 g/mol. The average Bonchev–Trinajstić information content (AvgIpc) is 2.19. The van der Waals surface area contributed by atoms with Crippen LogP contribution in [0.1, 0.15) is 6.92 Å². The molecular weight excluding hydrogens is 185 g/mol. The van der Waals surface area contributed by atoms with Gasteiger partial charge >= 0.3 is 5.97 Å². The summed E-state index contributed by atoms with van der Waals surface area (Å²) >= 11 is 0. The summed E-state index contributed by atoms with van der Waals surface area (Å²) in [6.45, 7) is 1.57. The molecule has 0 spiro atoms. The number of halogens is 1. The van der Waals surface area contributed by atoms with Crippen LogP contribution in [0.5, 0.6) is 0 Å². The Morgan fingerprint density at radius 1 is 1.43 bits per heavy atom. The van der Waals surface area contributed by atoms with E-state index in [1.165, 1.54) is 0 Å². The molecule has 4 heteroatoms. The molecule has 0 unspecified atom stereocenters. The van der Waals surface area contributed by atoms with Crippen LogP contribution in [0.2, 0.25) is 0 Å². The van der Waals surface area contributed by atoms with Gasteiger partial charge in [-0.2, -0.15) is 0 Å². The predicted molar refractivity (Wildman–Crippen MR) is 51.5 cm³/mol. The maximum Gasteiger partial charge on any atom is 0.328 e. The molecule has 0 atom stereocenters. The van der Waals surface area contributed by atoms with Crippen molar-refractivity contribution < 1.29 is 14.0 Å². The standard InChI is InChI=1S/C10H12FNO2/c1-2-14-10(13)8-12(11)9-6-4-3-5-7-9/h3-7H,2,8H2,1H3. The molecule has 0 aromatic heterocycles. The Morgan fingerprint density at radius 2 is 2.07 bits per heavy atom. The number of carbonyl (C=O) groups is 1. The first kappa shape index (κ1) is 10.5. The predicted octanol–water partition coefficient (Wildman–Crippen LogP) is 1.94. The number of hydrogen-bond acceptors (Lipinski definition) is 3. The van der Waals surface area contributed by atoms with E-state index < -0.39 is 5.97 Å². The minimum absolute atomic E-state index is 0.265. The summed E-state index contributed by atoms with van der Waals surface area (Å²) in [6.07, 6.45) is 0. The van der Waals surface area contributed by atoms with Gasteiger partial charge in [0.15, 0.2) is 0 Å². The van der Waals surface area contributed by atoms with Crippen molar-refractivity contribution >= 4 is 11.7 Å². The number of esters is 1. The minimum atomic E-state index is -0.571. The molecule has 0 bridgehead atoms. The van der Waals surface area contributed by atoms with Crippen molar-refractivity contribution in [3.63, 3.8) is 0 Å². The van der Waals surface area contributed by atoms with Gasteiger partial charge in [-0.1, -0.05) is 22.7 Å². The molecule has 0 aliphatic heterocycles. The van der Waals surface area contributed by atoms with E-state index in [-0.39, 0.29) is 13.2 Å². The number of ether oxygens (including phenoxy) is 1. The van der Waals surface area contributed by atoms with Crippen LogP contribution in [0.25, 0.3) is 0 Å². The lowest BCUT2D eigenvalue weighted by atomic mass is 10.3. The number of nitrogens with zero attached hydrogens (tertiary/aromatic N) is 1. The first-order valence-electron chi connectivity index (χ1n) is 4.38. The number of carbonyl (C=O) groups excluding carboxylic acids is 1. The fourth-order valence-corrected chi connectivity index (χ4v) is 1.00. The van der Waals surface area contributed by atoms with Crippen LogP contribution in [0, 0.1) is 0 Å². The third-order valence-electron chi connectivity index (χ3n) is 1.61. The normalized spacial score (nSPS) is 9.57. The highest BCUT2D eigenvalue weighted by atomic mass is 19.2. The summed E-state index contributed by atoms with van der Waals surface area (Å²) < 4.78 is 17.9. The zero-order chi connectivity index (χ0) is 10.4. The van der Waals surface area contributed by atoms with Crippen LogP contribution in [0.3, 0.4) is 0 Å². The molecule has 0 fully saturated rings. The number of hydrogen-bond donors (Lipinski definition) is 0. The molecule has 0 N–H and O–H groups in total. The molecule has 0 heterocycles. The lowest BCUT2D eigenvalue weighted by Crippen LogP contribution is -2.23. The molecule has 76 valence electrons. The van der Waals surface area contributed by atoms with Crippen molar-refractivity contribution in [3.8, 4) is 0 Å². The highest BCUT2D eigenvalue weighted by molar-refractivity contribution is 5.75. The third-order valence-corrected chi connectivity index (χ3v) is 1.61. The first-order valence-corrected chi connectivity index (χ1v) is 4.38. The highest BCUT2D eigenvalue weighted by Gasteiger charge is 2.10. The summed E-state index contributed by atoms with van der Waals surface area (Å²) in [5, 5.41) is 0.359.